The van der Waals surface area contributed by atoms with Crippen LogP contribution in [0.25, 0.3) is 21.9 Å². The van der Waals surface area contributed by atoms with Gasteiger partial charge in [0.15, 0.2) is 11.6 Å². The average molecular weight is 464 g/mol. The summed E-state index contributed by atoms with van der Waals surface area (Å²) in [5.74, 6) is 0.860. The Bertz CT molecular complexity index is 1530. The van der Waals surface area contributed by atoms with Gasteiger partial charge in [0, 0.05) is 43.8 Å². The van der Waals surface area contributed by atoms with Gasteiger partial charge in [0.25, 0.3) is 5.56 Å². The van der Waals surface area contributed by atoms with Crippen LogP contribution in [0.5, 0.6) is 5.75 Å². The zero-order valence-corrected chi connectivity index (χ0v) is 19.7. The van der Waals surface area contributed by atoms with Crippen LogP contribution in [0.3, 0.4) is 0 Å². The van der Waals surface area contributed by atoms with Crippen molar-refractivity contribution < 1.29 is 5.11 Å². The minimum atomic E-state index is -0.530. The molecule has 0 radical (unpaired) electrons. The number of aryl methyl sites for hydroxylation is 3. The molecule has 0 saturated carbocycles. The number of fused-ring (bicyclic) bond motifs is 2. The normalized spacial score (nSPS) is 16.6. The van der Waals surface area contributed by atoms with Crippen LogP contribution in [0.15, 0.2) is 33.9 Å². The van der Waals surface area contributed by atoms with E-state index in [1.165, 1.54) is 4.57 Å². The first kappa shape index (κ1) is 22.1. The lowest BCUT2D eigenvalue weighted by atomic mass is 10.1. The molecule has 0 aliphatic carbocycles. The molecule has 34 heavy (non-hydrogen) atoms. The number of anilines is 1. The third-order valence-electron chi connectivity index (χ3n) is 6.70. The fourth-order valence-electron chi connectivity index (χ4n) is 5.08. The number of hydrogen-bond acceptors (Lipinski definition) is 7. The minimum Gasteiger partial charge on any atom is -0.503 e. The summed E-state index contributed by atoms with van der Waals surface area (Å²) < 4.78 is 4.26. The first-order valence-corrected chi connectivity index (χ1v) is 11.6. The van der Waals surface area contributed by atoms with E-state index in [9.17, 15) is 14.7 Å². The number of hydrogen-bond donors (Lipinski definition) is 2. The van der Waals surface area contributed by atoms with Gasteiger partial charge in [-0.05, 0) is 32.8 Å². The highest BCUT2D eigenvalue weighted by Crippen LogP contribution is 2.37. The largest absolute Gasteiger partial charge is 0.503 e. The highest BCUT2D eigenvalue weighted by molar-refractivity contribution is 5.90. The molecule has 1 saturated heterocycles. The lowest BCUT2D eigenvalue weighted by Crippen LogP contribution is -2.43. The molecule has 1 aromatic carbocycles. The number of aromatic nitrogens is 5. The van der Waals surface area contributed by atoms with E-state index in [4.69, 9.17) is 5.73 Å². The molecule has 1 aliphatic heterocycles. The first-order valence-electron chi connectivity index (χ1n) is 11.6. The molecule has 0 spiro atoms. The zero-order chi connectivity index (χ0) is 24.1. The van der Waals surface area contributed by atoms with Crippen LogP contribution in [-0.2, 0) is 20.1 Å². The molecule has 0 bridgehead atoms. The maximum absolute atomic E-state index is 13.7. The Morgan fingerprint density at radius 1 is 1.15 bits per heavy atom. The summed E-state index contributed by atoms with van der Waals surface area (Å²) in [6.45, 7) is 5.49. The van der Waals surface area contributed by atoms with E-state index in [1.807, 2.05) is 43.0 Å². The SMILES string of the molecule is CCn1c(N2CCC[C@@H](N)C2)c(O)c2c1c(=O)n(Cc1nc(C)c3ccccc3n1)c(=O)n2C. The van der Waals surface area contributed by atoms with Gasteiger partial charge in [-0.25, -0.2) is 14.8 Å². The molecule has 1 atom stereocenters. The Balaban J connectivity index is 1.70. The van der Waals surface area contributed by atoms with Crippen molar-refractivity contribution in [3.63, 3.8) is 0 Å². The zero-order valence-electron chi connectivity index (χ0n) is 19.7. The van der Waals surface area contributed by atoms with Gasteiger partial charge in [0.2, 0.25) is 0 Å². The van der Waals surface area contributed by atoms with Gasteiger partial charge < -0.3 is 20.3 Å². The molecule has 0 amide bonds. The van der Waals surface area contributed by atoms with Crippen molar-refractivity contribution in [1.29, 1.82) is 0 Å². The predicted octanol–water partition coefficient (Wildman–Crippen LogP) is 1.45. The van der Waals surface area contributed by atoms with E-state index in [0.717, 1.165) is 40.6 Å². The molecular weight excluding hydrogens is 434 g/mol. The number of rotatable bonds is 4. The van der Waals surface area contributed by atoms with Crippen molar-refractivity contribution in [3.05, 3.63) is 56.6 Å². The monoisotopic (exact) mass is 463 g/mol. The van der Waals surface area contributed by atoms with Gasteiger partial charge in [-0.1, -0.05) is 18.2 Å². The Morgan fingerprint density at radius 3 is 2.65 bits per heavy atom. The molecule has 10 nitrogen and oxygen atoms in total. The summed E-state index contributed by atoms with van der Waals surface area (Å²) in [6, 6.07) is 7.63. The van der Waals surface area contributed by atoms with Crippen LogP contribution in [0.2, 0.25) is 0 Å². The molecule has 10 heteroatoms. The third kappa shape index (κ3) is 3.37. The lowest BCUT2D eigenvalue weighted by Gasteiger charge is -2.33. The molecule has 5 rings (SSSR count). The lowest BCUT2D eigenvalue weighted by molar-refractivity contribution is 0.457. The van der Waals surface area contributed by atoms with E-state index >= 15 is 0 Å². The summed E-state index contributed by atoms with van der Waals surface area (Å²) in [6.07, 6.45) is 1.81. The highest BCUT2D eigenvalue weighted by Gasteiger charge is 2.29. The summed E-state index contributed by atoms with van der Waals surface area (Å²) >= 11 is 0. The van der Waals surface area contributed by atoms with E-state index in [2.05, 4.69) is 9.97 Å². The van der Waals surface area contributed by atoms with Crippen molar-refractivity contribution in [2.24, 2.45) is 12.8 Å². The Kier molecular flexibility index (Phi) is 5.40. The molecule has 4 aromatic rings. The fourth-order valence-corrected chi connectivity index (χ4v) is 5.08. The third-order valence-corrected chi connectivity index (χ3v) is 6.70. The van der Waals surface area contributed by atoms with Crippen LogP contribution >= 0.6 is 0 Å². The standard InChI is InChI=1S/C24H29N7O3/c1-4-30-20-19(21(32)22(30)29-11-7-8-15(25)12-29)28(3)24(34)31(23(20)33)13-18-26-14(2)16-9-5-6-10-17(16)27-18/h5-6,9-10,15,32H,4,7-8,11-13,25H2,1-3H3/t15-/m1/s1. The van der Waals surface area contributed by atoms with Gasteiger partial charge in [-0.2, -0.15) is 0 Å². The van der Waals surface area contributed by atoms with E-state index in [1.54, 1.807) is 11.6 Å². The van der Waals surface area contributed by atoms with E-state index < -0.39 is 11.2 Å². The summed E-state index contributed by atoms with van der Waals surface area (Å²) in [7, 11) is 1.57. The second kappa shape index (κ2) is 8.28. The Morgan fingerprint density at radius 2 is 1.91 bits per heavy atom. The molecule has 3 aromatic heterocycles. The van der Waals surface area contributed by atoms with Crippen LogP contribution in [0, 0.1) is 6.92 Å². The molecule has 1 fully saturated rings. The maximum atomic E-state index is 13.7. The molecule has 1 aliphatic rings. The second-order valence-corrected chi connectivity index (χ2v) is 8.94. The van der Waals surface area contributed by atoms with Crippen LogP contribution in [0.1, 0.15) is 31.3 Å². The van der Waals surface area contributed by atoms with Crippen molar-refractivity contribution in [2.75, 3.05) is 18.0 Å². The summed E-state index contributed by atoms with van der Waals surface area (Å²) in [4.78, 5) is 38.1. The first-order chi connectivity index (χ1) is 16.3. The van der Waals surface area contributed by atoms with Crippen molar-refractivity contribution >= 4 is 27.8 Å². The fraction of sp³-hybridized carbons (Fsp3) is 0.417. The number of benzene rings is 1. The Hall–Kier alpha value is -3.66. The van der Waals surface area contributed by atoms with Crippen molar-refractivity contribution in [2.45, 2.75) is 45.8 Å². The van der Waals surface area contributed by atoms with Crippen LogP contribution in [-0.4, -0.2) is 47.9 Å². The minimum absolute atomic E-state index is 0.00904. The van der Waals surface area contributed by atoms with Gasteiger partial charge >= 0.3 is 5.69 Å². The van der Waals surface area contributed by atoms with Gasteiger partial charge in [0.1, 0.15) is 16.9 Å². The molecular formula is C24H29N7O3. The van der Waals surface area contributed by atoms with Gasteiger partial charge in [-0.15, -0.1) is 0 Å². The van der Waals surface area contributed by atoms with E-state index in [0.29, 0.717) is 24.7 Å². The number of nitrogens with zero attached hydrogens (tertiary/aromatic N) is 6. The smallest absolute Gasteiger partial charge is 0.331 e. The van der Waals surface area contributed by atoms with Crippen molar-refractivity contribution in [1.82, 2.24) is 23.7 Å². The van der Waals surface area contributed by atoms with Gasteiger partial charge in [-0.3, -0.25) is 13.9 Å². The molecule has 4 heterocycles. The van der Waals surface area contributed by atoms with E-state index in [-0.39, 0.29) is 29.4 Å². The highest BCUT2D eigenvalue weighted by atomic mass is 16.3. The topological polar surface area (TPSA) is 124 Å². The summed E-state index contributed by atoms with van der Waals surface area (Å²) in [5.41, 5.74) is 7.23. The summed E-state index contributed by atoms with van der Waals surface area (Å²) in [5, 5.41) is 12.1. The number of nitrogens with two attached hydrogens (primary N) is 1. The predicted molar refractivity (Wildman–Crippen MR) is 132 cm³/mol. The number of para-hydroxylation sites is 1. The quantitative estimate of drug-likeness (QED) is 0.469. The maximum Gasteiger partial charge on any atom is 0.331 e. The molecule has 178 valence electrons. The Labute approximate surface area is 195 Å². The van der Waals surface area contributed by atoms with Crippen molar-refractivity contribution in [3.8, 4) is 5.75 Å². The number of aromatic hydroxyl groups is 1. The van der Waals surface area contributed by atoms with Gasteiger partial charge in [0.05, 0.1) is 12.1 Å². The molecule has 0 unspecified atom stereocenters. The second-order valence-electron chi connectivity index (χ2n) is 8.94. The number of piperidine rings is 1. The molecule has 3 N–H and O–H groups in total. The average Bonchev–Trinajstić information content (AvgIpc) is 3.12. The van der Waals surface area contributed by atoms with Crippen LogP contribution in [0.4, 0.5) is 5.82 Å². The van der Waals surface area contributed by atoms with Crippen LogP contribution < -0.4 is 21.9 Å².